The molecule has 0 atom stereocenters. The number of hydrogen-bond acceptors (Lipinski definition) is 6. The molecule has 0 aliphatic carbocycles. The predicted octanol–water partition coefficient (Wildman–Crippen LogP) is 1.40. The van der Waals surface area contributed by atoms with Crippen LogP contribution in [0, 0.1) is 0 Å². The summed E-state index contributed by atoms with van der Waals surface area (Å²) in [6.45, 7) is 2.63. The number of piperazine rings is 1. The molecule has 1 saturated heterocycles. The Balaban J connectivity index is 1.92. The van der Waals surface area contributed by atoms with Crippen LogP contribution in [0.15, 0.2) is 12.2 Å². The first-order valence-electron chi connectivity index (χ1n) is 6.78. The molecule has 0 bridgehead atoms. The van der Waals surface area contributed by atoms with Gasteiger partial charge in [-0.2, -0.15) is 0 Å². The van der Waals surface area contributed by atoms with Crippen molar-refractivity contribution in [3.63, 3.8) is 0 Å². The molecule has 1 amide bonds. The fraction of sp³-hybridized carbons (Fsp3) is 0.385. The van der Waals surface area contributed by atoms with Crippen LogP contribution < -0.4 is 5.73 Å². The highest BCUT2D eigenvalue weighted by molar-refractivity contribution is 6.39. The number of carbonyl (C=O) groups excluding carboxylic acids is 1. The van der Waals surface area contributed by atoms with E-state index < -0.39 is 11.9 Å². The number of anilines is 1. The number of amides is 1. The zero-order chi connectivity index (χ0) is 17.0. The van der Waals surface area contributed by atoms with Crippen molar-refractivity contribution in [2.75, 3.05) is 38.5 Å². The average molecular weight is 360 g/mol. The largest absolute Gasteiger partial charge is 0.465 e. The monoisotopic (exact) mass is 359 g/mol. The van der Waals surface area contributed by atoms with E-state index in [1.54, 1.807) is 6.08 Å². The van der Waals surface area contributed by atoms with Gasteiger partial charge in [-0.15, -0.1) is 0 Å². The standard InChI is InChI=1S/C13H15Cl2N5O3/c14-10-9(11(15)18-12(16)17-10)8(21)2-1-3-19-4-6-20(7-5-19)13(22)23/h1-2H,3-7H2,(H,22,23)(H2,16,17,18)/b2-1+. The number of aromatic nitrogens is 2. The van der Waals surface area contributed by atoms with Crippen LogP contribution in [-0.4, -0.2) is 69.5 Å². The summed E-state index contributed by atoms with van der Waals surface area (Å²) in [7, 11) is 0. The Bertz CT molecular complexity index is 621. The number of carbonyl (C=O) groups is 2. The molecule has 0 radical (unpaired) electrons. The Morgan fingerprint density at radius 1 is 1.17 bits per heavy atom. The summed E-state index contributed by atoms with van der Waals surface area (Å²) in [6, 6.07) is 0. The van der Waals surface area contributed by atoms with Crippen molar-refractivity contribution < 1.29 is 14.7 Å². The van der Waals surface area contributed by atoms with Gasteiger partial charge in [0, 0.05) is 32.7 Å². The number of hydrogen-bond donors (Lipinski definition) is 2. The lowest BCUT2D eigenvalue weighted by Crippen LogP contribution is -2.48. The molecule has 124 valence electrons. The van der Waals surface area contributed by atoms with Gasteiger partial charge in [0.25, 0.3) is 0 Å². The lowest BCUT2D eigenvalue weighted by atomic mass is 10.2. The predicted molar refractivity (Wildman–Crippen MR) is 86.0 cm³/mol. The molecule has 8 nitrogen and oxygen atoms in total. The molecule has 1 aromatic heterocycles. The molecule has 3 N–H and O–H groups in total. The van der Waals surface area contributed by atoms with Gasteiger partial charge in [-0.1, -0.05) is 29.3 Å². The first kappa shape index (κ1) is 17.5. The summed E-state index contributed by atoms with van der Waals surface area (Å²) < 4.78 is 0. The first-order chi connectivity index (χ1) is 10.9. The normalized spacial score (nSPS) is 16.0. The first-order valence-corrected chi connectivity index (χ1v) is 7.53. The Hall–Kier alpha value is -1.90. The van der Waals surface area contributed by atoms with Crippen LogP contribution in [0.4, 0.5) is 10.7 Å². The van der Waals surface area contributed by atoms with Crippen molar-refractivity contribution in [3.05, 3.63) is 28.0 Å². The van der Waals surface area contributed by atoms with Crippen LogP contribution in [0.2, 0.25) is 10.3 Å². The minimum Gasteiger partial charge on any atom is -0.465 e. The van der Waals surface area contributed by atoms with Crippen LogP contribution in [0.3, 0.4) is 0 Å². The fourth-order valence-corrected chi connectivity index (χ4v) is 2.73. The summed E-state index contributed by atoms with van der Waals surface area (Å²) in [5.74, 6) is -0.513. The molecule has 0 spiro atoms. The number of nitrogens with zero attached hydrogens (tertiary/aromatic N) is 4. The molecule has 2 rings (SSSR count). The maximum atomic E-state index is 12.1. The summed E-state index contributed by atoms with van der Waals surface area (Å²) in [5.41, 5.74) is 5.39. The summed E-state index contributed by atoms with van der Waals surface area (Å²) in [5, 5.41) is 8.69. The highest BCUT2D eigenvalue weighted by atomic mass is 35.5. The number of nitrogen functional groups attached to an aromatic ring is 1. The second-order valence-corrected chi connectivity index (χ2v) is 5.59. The van der Waals surface area contributed by atoms with E-state index >= 15 is 0 Å². The summed E-state index contributed by atoms with van der Waals surface area (Å²) in [4.78, 5) is 33.7. The maximum Gasteiger partial charge on any atom is 0.407 e. The molecule has 2 heterocycles. The van der Waals surface area contributed by atoms with Crippen molar-refractivity contribution in [2.45, 2.75) is 0 Å². The third-order valence-corrected chi connectivity index (χ3v) is 3.91. The van der Waals surface area contributed by atoms with E-state index in [-0.39, 0.29) is 21.8 Å². The smallest absolute Gasteiger partial charge is 0.407 e. The van der Waals surface area contributed by atoms with Crippen molar-refractivity contribution in [1.82, 2.24) is 19.8 Å². The van der Waals surface area contributed by atoms with E-state index in [2.05, 4.69) is 9.97 Å². The number of ketones is 1. The number of carboxylic acid groups (broad SMARTS) is 1. The minimum atomic E-state index is -0.914. The zero-order valence-corrected chi connectivity index (χ0v) is 13.6. The number of allylic oxidation sites excluding steroid dienone is 1. The molecule has 0 unspecified atom stereocenters. The van der Waals surface area contributed by atoms with E-state index in [0.29, 0.717) is 32.7 Å². The molecule has 1 aliphatic rings. The third-order valence-electron chi connectivity index (χ3n) is 3.36. The zero-order valence-electron chi connectivity index (χ0n) is 12.1. The molecule has 0 aromatic carbocycles. The second kappa shape index (κ2) is 7.58. The van der Waals surface area contributed by atoms with Gasteiger partial charge < -0.3 is 15.7 Å². The van der Waals surface area contributed by atoms with Gasteiger partial charge in [0.15, 0.2) is 5.78 Å². The van der Waals surface area contributed by atoms with Crippen molar-refractivity contribution in [3.8, 4) is 0 Å². The number of rotatable bonds is 4. The summed E-state index contributed by atoms with van der Waals surface area (Å²) in [6.07, 6.45) is 2.10. The lowest BCUT2D eigenvalue weighted by Gasteiger charge is -2.32. The highest BCUT2D eigenvalue weighted by Gasteiger charge is 2.20. The highest BCUT2D eigenvalue weighted by Crippen LogP contribution is 2.22. The van der Waals surface area contributed by atoms with E-state index in [0.717, 1.165) is 0 Å². The van der Waals surface area contributed by atoms with Crippen molar-refractivity contribution in [2.24, 2.45) is 0 Å². The Morgan fingerprint density at radius 2 is 1.74 bits per heavy atom. The van der Waals surface area contributed by atoms with Crippen LogP contribution >= 0.6 is 23.2 Å². The molecular formula is C13H15Cl2N5O3. The van der Waals surface area contributed by atoms with Crippen molar-refractivity contribution >= 4 is 41.0 Å². The van der Waals surface area contributed by atoms with Gasteiger partial charge in [0.2, 0.25) is 5.95 Å². The molecular weight excluding hydrogens is 345 g/mol. The number of nitrogens with two attached hydrogens (primary N) is 1. The fourth-order valence-electron chi connectivity index (χ4n) is 2.14. The summed E-state index contributed by atoms with van der Waals surface area (Å²) >= 11 is 11.7. The molecule has 0 saturated carbocycles. The molecule has 23 heavy (non-hydrogen) atoms. The van der Waals surface area contributed by atoms with Crippen LogP contribution in [0.1, 0.15) is 10.4 Å². The van der Waals surface area contributed by atoms with Crippen LogP contribution in [0.5, 0.6) is 0 Å². The van der Waals surface area contributed by atoms with E-state index in [1.807, 2.05) is 4.90 Å². The van der Waals surface area contributed by atoms with Crippen LogP contribution in [-0.2, 0) is 0 Å². The Kier molecular flexibility index (Phi) is 5.75. The van der Waals surface area contributed by atoms with Gasteiger partial charge in [-0.3, -0.25) is 9.69 Å². The van der Waals surface area contributed by atoms with E-state index in [4.69, 9.17) is 34.0 Å². The van der Waals surface area contributed by atoms with Crippen molar-refractivity contribution in [1.29, 1.82) is 0 Å². The third kappa shape index (κ3) is 4.54. The topological polar surface area (TPSA) is 113 Å². The minimum absolute atomic E-state index is 0.00878. The van der Waals surface area contributed by atoms with Gasteiger partial charge in [0.05, 0.1) is 5.56 Å². The SMILES string of the molecule is Nc1nc(Cl)c(C(=O)/C=C/CN2CCN(C(=O)O)CC2)c(Cl)n1. The second-order valence-electron chi connectivity index (χ2n) is 4.88. The quantitative estimate of drug-likeness (QED) is 0.474. The molecule has 10 heteroatoms. The van der Waals surface area contributed by atoms with E-state index in [1.165, 1.54) is 11.0 Å². The lowest BCUT2D eigenvalue weighted by molar-refractivity contribution is 0.104. The number of halogens is 2. The average Bonchev–Trinajstić information content (AvgIpc) is 2.46. The Morgan fingerprint density at radius 3 is 2.26 bits per heavy atom. The van der Waals surface area contributed by atoms with Gasteiger partial charge in [0.1, 0.15) is 10.3 Å². The van der Waals surface area contributed by atoms with Gasteiger partial charge in [-0.25, -0.2) is 14.8 Å². The van der Waals surface area contributed by atoms with Crippen LogP contribution in [0.25, 0.3) is 0 Å². The van der Waals surface area contributed by atoms with Gasteiger partial charge in [-0.05, 0) is 6.08 Å². The maximum absolute atomic E-state index is 12.1. The van der Waals surface area contributed by atoms with E-state index in [9.17, 15) is 9.59 Å². The Labute approximate surface area is 142 Å². The van der Waals surface area contributed by atoms with Gasteiger partial charge >= 0.3 is 6.09 Å². The molecule has 1 aromatic rings. The molecule has 1 fully saturated rings. The molecule has 1 aliphatic heterocycles.